The number of Topliss-reactive ketones (excluding diaryl/α,β-unsaturated/α-hetero) is 1. The molecule has 0 radical (unpaired) electrons. The summed E-state index contributed by atoms with van der Waals surface area (Å²) in [7, 11) is 0. The van der Waals surface area contributed by atoms with Gasteiger partial charge >= 0.3 is 5.92 Å². The maximum Gasteiger partial charge on any atom is 0.335 e. The number of rotatable bonds is 3. The molecule has 3 aromatic rings. The number of hydrogen-bond acceptors (Lipinski definition) is 3. The van der Waals surface area contributed by atoms with Crippen LogP contribution in [-0.4, -0.2) is 15.8 Å². The molecule has 0 unspecified atom stereocenters. The van der Waals surface area contributed by atoms with E-state index in [2.05, 4.69) is 25.9 Å². The molecule has 0 amide bonds. The van der Waals surface area contributed by atoms with Gasteiger partial charge in [0.25, 0.3) is 0 Å². The molecule has 0 saturated carbocycles. The van der Waals surface area contributed by atoms with Gasteiger partial charge < -0.3 is 0 Å². The smallest absolute Gasteiger partial charge is 0.287 e. The monoisotopic (exact) mass is 380 g/mol. The van der Waals surface area contributed by atoms with E-state index in [0.717, 1.165) is 18.3 Å². The van der Waals surface area contributed by atoms with Crippen molar-refractivity contribution in [3.63, 3.8) is 0 Å². The molecule has 0 saturated heterocycles. The summed E-state index contributed by atoms with van der Waals surface area (Å²) in [4.78, 5) is 19.4. The van der Waals surface area contributed by atoms with Crippen LogP contribution in [0.2, 0.25) is 0 Å². The van der Waals surface area contributed by atoms with E-state index in [1.807, 2.05) is 0 Å². The maximum atomic E-state index is 14.5. The number of carbonyl (C=O) groups excluding carboxylic acids is 1. The Morgan fingerprint density at radius 3 is 2.70 bits per heavy atom. The number of aromatic nitrogens is 2. The summed E-state index contributed by atoms with van der Waals surface area (Å²) in [6.45, 7) is 0. The van der Waals surface area contributed by atoms with E-state index in [4.69, 9.17) is 0 Å². The quantitative estimate of drug-likeness (QED) is 0.496. The lowest BCUT2D eigenvalue weighted by Crippen LogP contribution is -2.27. The minimum Gasteiger partial charge on any atom is -0.287 e. The van der Waals surface area contributed by atoms with Crippen LogP contribution in [0.25, 0.3) is 10.9 Å². The number of alkyl halides is 2. The number of pyridine rings is 2. The molecule has 0 N–H and O–H groups in total. The summed E-state index contributed by atoms with van der Waals surface area (Å²) >= 11 is 2.99. The molecule has 3 nitrogen and oxygen atoms in total. The first kappa shape index (κ1) is 15.6. The Balaban J connectivity index is 2.08. The molecule has 7 heteroatoms. The van der Waals surface area contributed by atoms with Crippen LogP contribution in [0.3, 0.4) is 0 Å². The molecule has 3 rings (SSSR count). The number of fused-ring (bicyclic) bond motifs is 1. The third-order valence-corrected chi connectivity index (χ3v) is 3.73. The van der Waals surface area contributed by atoms with E-state index < -0.39 is 28.8 Å². The minimum atomic E-state index is -3.88. The fourth-order valence-corrected chi connectivity index (χ4v) is 2.48. The molecule has 0 fully saturated rings. The fraction of sp³-hybridized carbons (Fsp3) is 0.0625. The van der Waals surface area contributed by atoms with E-state index in [0.29, 0.717) is 10.9 Å². The first-order valence-corrected chi connectivity index (χ1v) is 7.28. The van der Waals surface area contributed by atoms with E-state index in [1.54, 1.807) is 12.1 Å². The highest BCUT2D eigenvalue weighted by molar-refractivity contribution is 9.10. The lowest BCUT2D eigenvalue weighted by molar-refractivity contribution is 0.00701. The highest BCUT2D eigenvalue weighted by Gasteiger charge is 2.43. The van der Waals surface area contributed by atoms with Crippen LogP contribution in [0.15, 0.2) is 53.3 Å². The van der Waals surface area contributed by atoms with E-state index in [-0.39, 0.29) is 4.47 Å². The molecular formula is C16H8BrF3N2O. The summed E-state index contributed by atoms with van der Waals surface area (Å²) < 4.78 is 42.9. The molecule has 0 bridgehead atoms. The zero-order chi connectivity index (χ0) is 16.6. The van der Waals surface area contributed by atoms with Crippen molar-refractivity contribution in [3.05, 3.63) is 70.3 Å². The van der Waals surface area contributed by atoms with Crippen molar-refractivity contribution in [2.75, 3.05) is 0 Å². The topological polar surface area (TPSA) is 42.9 Å². The second-order valence-electron chi connectivity index (χ2n) is 4.81. The number of halogens is 4. The Morgan fingerprint density at radius 2 is 1.91 bits per heavy atom. The molecular weight excluding hydrogens is 373 g/mol. The maximum absolute atomic E-state index is 14.5. The second-order valence-corrected chi connectivity index (χ2v) is 5.72. The number of ketones is 1. The molecule has 0 aliphatic heterocycles. The zero-order valence-electron chi connectivity index (χ0n) is 11.4. The fourth-order valence-electron chi connectivity index (χ4n) is 2.15. The average molecular weight is 381 g/mol. The Hall–Kier alpha value is -2.28. The molecule has 0 atom stereocenters. The number of benzene rings is 1. The van der Waals surface area contributed by atoms with Crippen molar-refractivity contribution in [3.8, 4) is 0 Å². The van der Waals surface area contributed by atoms with Crippen molar-refractivity contribution in [2.45, 2.75) is 5.92 Å². The minimum absolute atomic E-state index is 0.237. The summed E-state index contributed by atoms with van der Waals surface area (Å²) in [5.41, 5.74) is -0.771. The summed E-state index contributed by atoms with van der Waals surface area (Å²) in [6, 6.07) is 7.86. The van der Waals surface area contributed by atoms with Gasteiger partial charge in [-0.1, -0.05) is 12.1 Å². The molecule has 1 aromatic carbocycles. The first-order chi connectivity index (χ1) is 10.9. The number of carbonyl (C=O) groups is 1. The van der Waals surface area contributed by atoms with Crippen molar-refractivity contribution in [1.82, 2.24) is 9.97 Å². The van der Waals surface area contributed by atoms with Crippen LogP contribution in [0.1, 0.15) is 15.9 Å². The van der Waals surface area contributed by atoms with Gasteiger partial charge in [0.15, 0.2) is 0 Å². The molecule has 2 aromatic heterocycles. The Labute approximate surface area is 137 Å². The summed E-state index contributed by atoms with van der Waals surface area (Å²) in [5.74, 6) is -6.76. The van der Waals surface area contributed by atoms with E-state index in [9.17, 15) is 18.0 Å². The lowest BCUT2D eigenvalue weighted by Gasteiger charge is -2.16. The molecule has 0 aliphatic rings. The molecule has 23 heavy (non-hydrogen) atoms. The van der Waals surface area contributed by atoms with Gasteiger partial charge in [0.05, 0.1) is 11.1 Å². The first-order valence-electron chi connectivity index (χ1n) is 6.48. The molecule has 0 aliphatic carbocycles. The van der Waals surface area contributed by atoms with Gasteiger partial charge in [-0.2, -0.15) is 13.2 Å². The Bertz CT molecular complexity index is 915. The SMILES string of the molecule is O=C(c1cc(Br)cnc1F)C(F)(F)c1ccc2ncccc2c1. The predicted molar refractivity (Wildman–Crippen MR) is 81.9 cm³/mol. The van der Waals surface area contributed by atoms with Crippen molar-refractivity contribution in [2.24, 2.45) is 0 Å². The van der Waals surface area contributed by atoms with Crippen LogP contribution in [-0.2, 0) is 5.92 Å². The van der Waals surface area contributed by atoms with Crippen LogP contribution >= 0.6 is 15.9 Å². The Morgan fingerprint density at radius 1 is 1.13 bits per heavy atom. The van der Waals surface area contributed by atoms with Crippen LogP contribution in [0.5, 0.6) is 0 Å². The average Bonchev–Trinajstić information content (AvgIpc) is 2.56. The van der Waals surface area contributed by atoms with E-state index in [1.165, 1.54) is 18.3 Å². The largest absolute Gasteiger partial charge is 0.335 e. The van der Waals surface area contributed by atoms with Crippen molar-refractivity contribution < 1.29 is 18.0 Å². The third-order valence-electron chi connectivity index (χ3n) is 3.30. The summed E-state index contributed by atoms with van der Waals surface area (Å²) in [5, 5.41) is 0.463. The number of nitrogens with zero attached hydrogens (tertiary/aromatic N) is 2. The van der Waals surface area contributed by atoms with Crippen LogP contribution in [0, 0.1) is 5.95 Å². The highest BCUT2D eigenvalue weighted by atomic mass is 79.9. The number of hydrogen-bond donors (Lipinski definition) is 0. The van der Waals surface area contributed by atoms with Crippen LogP contribution < -0.4 is 0 Å². The van der Waals surface area contributed by atoms with Gasteiger partial charge in [-0.3, -0.25) is 9.78 Å². The normalized spacial score (nSPS) is 11.7. The zero-order valence-corrected chi connectivity index (χ0v) is 13.0. The third kappa shape index (κ3) is 2.84. The predicted octanol–water partition coefficient (Wildman–Crippen LogP) is 4.51. The van der Waals surface area contributed by atoms with Gasteiger partial charge in [0, 0.05) is 27.8 Å². The molecule has 2 heterocycles. The highest BCUT2D eigenvalue weighted by Crippen LogP contribution is 2.34. The van der Waals surface area contributed by atoms with Gasteiger partial charge in [0.1, 0.15) is 0 Å². The second kappa shape index (κ2) is 5.73. The Kier molecular flexibility index (Phi) is 3.89. The van der Waals surface area contributed by atoms with Gasteiger partial charge in [-0.25, -0.2) is 4.98 Å². The lowest BCUT2D eigenvalue weighted by atomic mass is 9.98. The molecule has 116 valence electrons. The van der Waals surface area contributed by atoms with Gasteiger partial charge in [-0.05, 0) is 40.2 Å². The van der Waals surface area contributed by atoms with Crippen LogP contribution in [0.4, 0.5) is 13.2 Å². The van der Waals surface area contributed by atoms with Crippen molar-refractivity contribution >= 4 is 32.6 Å². The molecule has 0 spiro atoms. The standard InChI is InChI=1S/C16H8BrF3N2O/c17-11-7-12(15(18)22-8-11)14(23)16(19,20)10-3-4-13-9(6-10)2-1-5-21-13/h1-8H. The van der Waals surface area contributed by atoms with E-state index >= 15 is 0 Å². The van der Waals surface area contributed by atoms with Gasteiger partial charge in [0.2, 0.25) is 11.7 Å². The summed E-state index contributed by atoms with van der Waals surface area (Å²) in [6.07, 6.45) is 2.62. The van der Waals surface area contributed by atoms with Gasteiger partial charge in [-0.15, -0.1) is 0 Å². The van der Waals surface area contributed by atoms with Crippen molar-refractivity contribution in [1.29, 1.82) is 0 Å².